The molecule has 0 aliphatic heterocycles. The highest BCUT2D eigenvalue weighted by atomic mass is 127. The van der Waals surface area contributed by atoms with Crippen LogP contribution in [0.1, 0.15) is 42.6 Å². The van der Waals surface area contributed by atoms with Crippen molar-refractivity contribution in [3.05, 3.63) is 59.5 Å². The molecule has 1 aromatic heterocycles. The maximum atomic E-state index is 5.45. The first kappa shape index (κ1) is 21.8. The second kappa shape index (κ2) is 11.3. The molecule has 148 valence electrons. The largest absolute Gasteiger partial charge is 0.468 e. The van der Waals surface area contributed by atoms with Crippen LogP contribution in [0.4, 0.5) is 0 Å². The van der Waals surface area contributed by atoms with Gasteiger partial charge in [0.1, 0.15) is 5.76 Å². The lowest BCUT2D eigenvalue weighted by Gasteiger charge is -2.20. The molecule has 1 aliphatic rings. The van der Waals surface area contributed by atoms with Crippen LogP contribution in [0.2, 0.25) is 0 Å². The summed E-state index contributed by atoms with van der Waals surface area (Å²) < 4.78 is 5.45. The Labute approximate surface area is 179 Å². The molecule has 0 atom stereocenters. The van der Waals surface area contributed by atoms with E-state index in [0.29, 0.717) is 6.04 Å². The van der Waals surface area contributed by atoms with Gasteiger partial charge in [0, 0.05) is 26.2 Å². The number of aliphatic imine (C=N–C) groups is 1. The van der Waals surface area contributed by atoms with Crippen LogP contribution in [-0.4, -0.2) is 31.0 Å². The molecule has 0 unspecified atom stereocenters. The lowest BCUT2D eigenvalue weighted by atomic mass is 10.1. The van der Waals surface area contributed by atoms with Crippen LogP contribution in [0.5, 0.6) is 0 Å². The van der Waals surface area contributed by atoms with Crippen molar-refractivity contribution in [2.45, 2.75) is 51.4 Å². The molecule has 0 saturated heterocycles. The maximum absolute atomic E-state index is 5.45. The number of hydrogen-bond acceptors (Lipinski definition) is 3. The molecule has 1 saturated carbocycles. The quantitative estimate of drug-likeness (QED) is 0.354. The molecule has 1 aromatic carbocycles. The first-order chi connectivity index (χ1) is 12.7. The molecule has 1 heterocycles. The average Bonchev–Trinajstić information content (AvgIpc) is 3.33. The fourth-order valence-electron chi connectivity index (χ4n) is 3.54. The third-order valence-corrected chi connectivity index (χ3v) is 4.93. The molecule has 27 heavy (non-hydrogen) atoms. The number of nitrogens with zero attached hydrogens (tertiary/aromatic N) is 2. The average molecular weight is 482 g/mol. The van der Waals surface area contributed by atoms with E-state index in [0.717, 1.165) is 31.4 Å². The summed E-state index contributed by atoms with van der Waals surface area (Å²) in [7, 11) is 3.96. The second-order valence-corrected chi connectivity index (χ2v) is 7.07. The Morgan fingerprint density at radius 3 is 2.52 bits per heavy atom. The number of hydrogen-bond donors (Lipinski definition) is 2. The highest BCUT2D eigenvalue weighted by Gasteiger charge is 2.16. The summed E-state index contributed by atoms with van der Waals surface area (Å²) in [5, 5.41) is 7.02. The summed E-state index contributed by atoms with van der Waals surface area (Å²) in [6.07, 6.45) is 6.85. The highest BCUT2D eigenvalue weighted by molar-refractivity contribution is 14.0. The van der Waals surface area contributed by atoms with Crippen molar-refractivity contribution in [2.24, 2.45) is 4.99 Å². The molecular formula is C21H31IN4O. The normalized spacial score (nSPS) is 15.0. The Bertz CT molecular complexity index is 696. The summed E-state index contributed by atoms with van der Waals surface area (Å²) in [6, 6.07) is 13.1. The minimum Gasteiger partial charge on any atom is -0.468 e. The first-order valence-corrected chi connectivity index (χ1v) is 9.49. The Kier molecular flexibility index (Phi) is 9.14. The number of furan rings is 1. The Morgan fingerprint density at radius 2 is 1.85 bits per heavy atom. The van der Waals surface area contributed by atoms with Crippen molar-refractivity contribution >= 4 is 29.9 Å². The van der Waals surface area contributed by atoms with Gasteiger partial charge >= 0.3 is 0 Å². The van der Waals surface area contributed by atoms with Crippen LogP contribution in [0.25, 0.3) is 0 Å². The molecule has 0 amide bonds. The van der Waals surface area contributed by atoms with Crippen LogP contribution < -0.4 is 10.6 Å². The van der Waals surface area contributed by atoms with Gasteiger partial charge < -0.3 is 15.1 Å². The van der Waals surface area contributed by atoms with Gasteiger partial charge in [-0.2, -0.15) is 0 Å². The van der Waals surface area contributed by atoms with E-state index in [4.69, 9.17) is 4.42 Å². The molecule has 1 aliphatic carbocycles. The molecule has 5 nitrogen and oxygen atoms in total. The first-order valence-electron chi connectivity index (χ1n) is 9.49. The van der Waals surface area contributed by atoms with Gasteiger partial charge in [-0.1, -0.05) is 37.1 Å². The molecule has 6 heteroatoms. The van der Waals surface area contributed by atoms with E-state index in [-0.39, 0.29) is 24.0 Å². The van der Waals surface area contributed by atoms with E-state index in [9.17, 15) is 0 Å². The number of guanidine groups is 1. The Morgan fingerprint density at radius 1 is 1.11 bits per heavy atom. The van der Waals surface area contributed by atoms with Crippen LogP contribution in [0.15, 0.2) is 52.1 Å². The molecule has 2 aromatic rings. The van der Waals surface area contributed by atoms with Gasteiger partial charge in [-0.3, -0.25) is 9.89 Å². The number of rotatable bonds is 7. The Balaban J connectivity index is 0.00000261. The molecule has 0 spiro atoms. The fraction of sp³-hybridized carbons (Fsp3) is 0.476. The van der Waals surface area contributed by atoms with Gasteiger partial charge in [0.05, 0.1) is 12.8 Å². The monoisotopic (exact) mass is 482 g/mol. The van der Waals surface area contributed by atoms with Crippen LogP contribution in [0, 0.1) is 0 Å². The van der Waals surface area contributed by atoms with Gasteiger partial charge in [0.2, 0.25) is 0 Å². The number of nitrogens with one attached hydrogen (secondary N) is 2. The minimum absolute atomic E-state index is 0. The molecule has 0 radical (unpaired) electrons. The molecule has 1 fully saturated rings. The van der Waals surface area contributed by atoms with E-state index >= 15 is 0 Å². The maximum Gasteiger partial charge on any atom is 0.191 e. The van der Waals surface area contributed by atoms with Crippen molar-refractivity contribution in [1.82, 2.24) is 15.5 Å². The van der Waals surface area contributed by atoms with Gasteiger partial charge in [-0.25, -0.2) is 0 Å². The van der Waals surface area contributed by atoms with E-state index in [1.165, 1.54) is 36.8 Å². The summed E-state index contributed by atoms with van der Waals surface area (Å²) in [6.45, 7) is 2.46. The third-order valence-electron chi connectivity index (χ3n) is 4.93. The van der Waals surface area contributed by atoms with Gasteiger partial charge in [-0.15, -0.1) is 24.0 Å². The van der Waals surface area contributed by atoms with E-state index < -0.39 is 0 Å². The lowest BCUT2D eigenvalue weighted by molar-refractivity contribution is 0.287. The van der Waals surface area contributed by atoms with Crippen molar-refractivity contribution in [2.75, 3.05) is 14.1 Å². The zero-order chi connectivity index (χ0) is 18.2. The SMILES string of the molecule is CN=C(NCc1ccccc1CN(C)Cc1ccco1)NC1CCCC1.I. The zero-order valence-corrected chi connectivity index (χ0v) is 18.6. The summed E-state index contributed by atoms with van der Waals surface area (Å²) in [5.41, 5.74) is 2.62. The van der Waals surface area contributed by atoms with Gasteiger partial charge in [-0.05, 0) is 43.1 Å². The van der Waals surface area contributed by atoms with E-state index in [2.05, 4.69) is 51.8 Å². The molecule has 3 rings (SSSR count). The highest BCUT2D eigenvalue weighted by Crippen LogP contribution is 2.17. The molecule has 0 bridgehead atoms. The van der Waals surface area contributed by atoms with Gasteiger partial charge in [0.15, 0.2) is 5.96 Å². The predicted molar refractivity (Wildman–Crippen MR) is 121 cm³/mol. The van der Waals surface area contributed by atoms with Crippen molar-refractivity contribution in [3.8, 4) is 0 Å². The number of benzene rings is 1. The zero-order valence-electron chi connectivity index (χ0n) is 16.3. The standard InChI is InChI=1S/C21H30N4O.HI/c1-22-21(24-19-10-5-6-11-19)23-14-17-8-3-4-9-18(17)15-25(2)16-20-12-7-13-26-20;/h3-4,7-9,12-13,19H,5-6,10-11,14-16H2,1-2H3,(H2,22,23,24);1H. The van der Waals surface area contributed by atoms with Crippen LogP contribution >= 0.6 is 24.0 Å². The van der Waals surface area contributed by atoms with Crippen molar-refractivity contribution in [1.29, 1.82) is 0 Å². The third kappa shape index (κ3) is 6.84. The summed E-state index contributed by atoms with van der Waals surface area (Å²) in [4.78, 5) is 6.65. The minimum atomic E-state index is 0. The molecular weight excluding hydrogens is 451 g/mol. The fourth-order valence-corrected chi connectivity index (χ4v) is 3.54. The topological polar surface area (TPSA) is 52.8 Å². The van der Waals surface area contributed by atoms with Crippen molar-refractivity contribution in [3.63, 3.8) is 0 Å². The Hall–Kier alpha value is -1.54. The lowest BCUT2D eigenvalue weighted by Crippen LogP contribution is -2.42. The van der Waals surface area contributed by atoms with E-state index in [1.54, 1.807) is 6.26 Å². The number of halogens is 1. The van der Waals surface area contributed by atoms with Crippen LogP contribution in [-0.2, 0) is 19.6 Å². The van der Waals surface area contributed by atoms with Crippen LogP contribution in [0.3, 0.4) is 0 Å². The van der Waals surface area contributed by atoms with Crippen molar-refractivity contribution < 1.29 is 4.42 Å². The van der Waals surface area contributed by atoms with Gasteiger partial charge in [0.25, 0.3) is 0 Å². The van der Waals surface area contributed by atoms with E-state index in [1.807, 2.05) is 19.2 Å². The smallest absolute Gasteiger partial charge is 0.191 e. The summed E-state index contributed by atoms with van der Waals surface area (Å²) in [5.74, 6) is 1.89. The summed E-state index contributed by atoms with van der Waals surface area (Å²) >= 11 is 0. The predicted octanol–water partition coefficient (Wildman–Crippen LogP) is 4.14. The second-order valence-electron chi connectivity index (χ2n) is 7.07. The molecule has 2 N–H and O–H groups in total.